The van der Waals surface area contributed by atoms with Crippen molar-refractivity contribution >= 4 is 6.09 Å². The van der Waals surface area contributed by atoms with Gasteiger partial charge in [0, 0.05) is 25.2 Å². The summed E-state index contributed by atoms with van der Waals surface area (Å²) >= 11 is 0. The second-order valence-electron chi connectivity index (χ2n) is 6.58. The standard InChI is InChI=1S/C15H31N3O2/c1-5-7-12(18-13-8-6-9-16-10-13)11-17-14(19)20-15(2,3)4/h12-13,16,18H,5-11H2,1-4H3,(H,17,19). The van der Waals surface area contributed by atoms with Crippen LogP contribution in [0.4, 0.5) is 4.79 Å². The molecule has 2 unspecified atom stereocenters. The Balaban J connectivity index is 2.32. The van der Waals surface area contributed by atoms with Crippen molar-refractivity contribution < 1.29 is 9.53 Å². The maximum atomic E-state index is 11.7. The minimum absolute atomic E-state index is 0.317. The molecule has 3 N–H and O–H groups in total. The van der Waals surface area contributed by atoms with Crippen molar-refractivity contribution in [2.45, 2.75) is 71.1 Å². The number of amides is 1. The number of hydrogen-bond acceptors (Lipinski definition) is 4. The molecule has 1 rings (SSSR count). The molecule has 5 heteroatoms. The minimum Gasteiger partial charge on any atom is -0.444 e. The second-order valence-corrected chi connectivity index (χ2v) is 6.58. The minimum atomic E-state index is -0.439. The summed E-state index contributed by atoms with van der Waals surface area (Å²) in [5.74, 6) is 0. The Kier molecular flexibility index (Phi) is 7.30. The first-order valence-corrected chi connectivity index (χ1v) is 7.84. The summed E-state index contributed by atoms with van der Waals surface area (Å²) in [6.45, 7) is 10.6. The Hall–Kier alpha value is -0.810. The van der Waals surface area contributed by atoms with E-state index in [2.05, 4.69) is 22.9 Å². The summed E-state index contributed by atoms with van der Waals surface area (Å²) in [4.78, 5) is 11.7. The number of ether oxygens (including phenoxy) is 1. The highest BCUT2D eigenvalue weighted by atomic mass is 16.6. The third-order valence-corrected chi connectivity index (χ3v) is 3.30. The molecule has 0 aromatic heterocycles. The molecule has 0 saturated carbocycles. The van der Waals surface area contributed by atoms with Crippen LogP contribution in [0, 0.1) is 0 Å². The summed E-state index contributed by atoms with van der Waals surface area (Å²) in [6, 6.07) is 0.832. The highest BCUT2D eigenvalue weighted by molar-refractivity contribution is 5.67. The highest BCUT2D eigenvalue weighted by Gasteiger charge is 2.20. The van der Waals surface area contributed by atoms with E-state index >= 15 is 0 Å². The van der Waals surface area contributed by atoms with E-state index in [1.54, 1.807) is 0 Å². The monoisotopic (exact) mass is 285 g/mol. The zero-order chi connectivity index (χ0) is 15.0. The highest BCUT2D eigenvalue weighted by Crippen LogP contribution is 2.07. The third kappa shape index (κ3) is 7.70. The second kappa shape index (κ2) is 8.47. The van der Waals surface area contributed by atoms with Gasteiger partial charge in [0.25, 0.3) is 0 Å². The lowest BCUT2D eigenvalue weighted by molar-refractivity contribution is 0.0520. The molecule has 0 aromatic carbocycles. The molecule has 20 heavy (non-hydrogen) atoms. The van der Waals surface area contributed by atoms with Crippen LogP contribution in [0.1, 0.15) is 53.4 Å². The Labute approximate surface area is 123 Å². The lowest BCUT2D eigenvalue weighted by atomic mass is 10.0. The average Bonchev–Trinajstić information content (AvgIpc) is 2.35. The summed E-state index contributed by atoms with van der Waals surface area (Å²) in [5.41, 5.74) is -0.439. The van der Waals surface area contributed by atoms with Gasteiger partial charge in [0.15, 0.2) is 0 Å². The van der Waals surface area contributed by atoms with Crippen molar-refractivity contribution in [3.63, 3.8) is 0 Å². The zero-order valence-electron chi connectivity index (χ0n) is 13.4. The molecule has 0 radical (unpaired) electrons. The van der Waals surface area contributed by atoms with Gasteiger partial charge in [-0.1, -0.05) is 13.3 Å². The summed E-state index contributed by atoms with van der Waals surface area (Å²) in [5, 5.41) is 9.92. The molecule has 1 saturated heterocycles. The van der Waals surface area contributed by atoms with Gasteiger partial charge in [0.2, 0.25) is 0 Å². The predicted octanol–water partition coefficient (Wildman–Crippen LogP) is 2.02. The lowest BCUT2D eigenvalue weighted by Crippen LogP contribution is -2.51. The first-order valence-electron chi connectivity index (χ1n) is 7.84. The Bertz CT molecular complexity index is 283. The van der Waals surface area contributed by atoms with E-state index in [9.17, 15) is 4.79 Å². The van der Waals surface area contributed by atoms with Crippen LogP contribution in [0.2, 0.25) is 0 Å². The predicted molar refractivity (Wildman–Crippen MR) is 82.0 cm³/mol. The molecule has 1 heterocycles. The molecule has 0 aliphatic carbocycles. The van der Waals surface area contributed by atoms with Gasteiger partial charge in [0.1, 0.15) is 5.60 Å². The Morgan fingerprint density at radius 3 is 2.75 bits per heavy atom. The molecule has 2 atom stereocenters. The molecular formula is C15H31N3O2. The van der Waals surface area contributed by atoms with E-state index in [1.807, 2.05) is 20.8 Å². The van der Waals surface area contributed by atoms with Crippen molar-refractivity contribution in [3.8, 4) is 0 Å². The number of carbonyl (C=O) groups is 1. The first-order chi connectivity index (χ1) is 9.40. The summed E-state index contributed by atoms with van der Waals surface area (Å²) in [6.07, 6.45) is 4.26. The Morgan fingerprint density at radius 1 is 1.45 bits per heavy atom. The van der Waals surface area contributed by atoms with Gasteiger partial charge in [-0.2, -0.15) is 0 Å². The van der Waals surface area contributed by atoms with Gasteiger partial charge < -0.3 is 20.7 Å². The van der Waals surface area contributed by atoms with E-state index in [0.29, 0.717) is 18.6 Å². The van der Waals surface area contributed by atoms with Crippen molar-refractivity contribution in [1.82, 2.24) is 16.0 Å². The fourth-order valence-corrected chi connectivity index (χ4v) is 2.44. The largest absolute Gasteiger partial charge is 0.444 e. The molecular weight excluding hydrogens is 254 g/mol. The van der Waals surface area contributed by atoms with Gasteiger partial charge in [-0.15, -0.1) is 0 Å². The number of nitrogens with one attached hydrogen (secondary N) is 3. The van der Waals surface area contributed by atoms with Crippen molar-refractivity contribution in [2.75, 3.05) is 19.6 Å². The molecule has 1 fully saturated rings. The fraction of sp³-hybridized carbons (Fsp3) is 0.933. The van der Waals surface area contributed by atoms with Crippen LogP contribution >= 0.6 is 0 Å². The van der Waals surface area contributed by atoms with Gasteiger partial charge in [-0.05, 0) is 46.6 Å². The van der Waals surface area contributed by atoms with Crippen LogP contribution in [0.15, 0.2) is 0 Å². The van der Waals surface area contributed by atoms with E-state index in [1.165, 1.54) is 12.8 Å². The van der Waals surface area contributed by atoms with Crippen LogP contribution < -0.4 is 16.0 Å². The third-order valence-electron chi connectivity index (χ3n) is 3.30. The quantitative estimate of drug-likeness (QED) is 0.699. The van der Waals surface area contributed by atoms with E-state index < -0.39 is 5.60 Å². The summed E-state index contributed by atoms with van der Waals surface area (Å²) in [7, 11) is 0. The summed E-state index contributed by atoms with van der Waals surface area (Å²) < 4.78 is 5.27. The molecule has 118 valence electrons. The van der Waals surface area contributed by atoms with E-state index in [0.717, 1.165) is 25.9 Å². The molecule has 0 aromatic rings. The number of rotatable bonds is 6. The molecule has 5 nitrogen and oxygen atoms in total. The van der Waals surface area contributed by atoms with E-state index in [4.69, 9.17) is 4.74 Å². The van der Waals surface area contributed by atoms with Crippen LogP contribution in [0.5, 0.6) is 0 Å². The number of alkyl carbamates (subject to hydrolysis) is 1. The molecule has 0 spiro atoms. The van der Waals surface area contributed by atoms with E-state index in [-0.39, 0.29) is 6.09 Å². The van der Waals surface area contributed by atoms with Crippen molar-refractivity contribution in [1.29, 1.82) is 0 Å². The average molecular weight is 285 g/mol. The maximum Gasteiger partial charge on any atom is 0.407 e. The van der Waals surface area contributed by atoms with Crippen molar-refractivity contribution in [2.24, 2.45) is 0 Å². The molecule has 0 bridgehead atoms. The van der Waals surface area contributed by atoms with Gasteiger partial charge >= 0.3 is 6.09 Å². The topological polar surface area (TPSA) is 62.4 Å². The fourth-order valence-electron chi connectivity index (χ4n) is 2.44. The smallest absolute Gasteiger partial charge is 0.407 e. The lowest BCUT2D eigenvalue weighted by Gasteiger charge is -2.29. The van der Waals surface area contributed by atoms with Crippen molar-refractivity contribution in [3.05, 3.63) is 0 Å². The molecule has 1 amide bonds. The van der Waals surface area contributed by atoms with Crippen LogP contribution in [-0.4, -0.2) is 43.4 Å². The zero-order valence-corrected chi connectivity index (χ0v) is 13.4. The molecule has 1 aliphatic rings. The van der Waals surface area contributed by atoms with Gasteiger partial charge in [-0.3, -0.25) is 0 Å². The Morgan fingerprint density at radius 2 is 2.20 bits per heavy atom. The number of hydrogen-bond donors (Lipinski definition) is 3. The van der Waals surface area contributed by atoms with Gasteiger partial charge in [-0.25, -0.2) is 4.79 Å². The maximum absolute atomic E-state index is 11.7. The molecule has 1 aliphatic heterocycles. The van der Waals surface area contributed by atoms with Crippen LogP contribution in [0.3, 0.4) is 0 Å². The normalized spacial score (nSPS) is 21.3. The first kappa shape index (κ1) is 17.2. The number of carbonyl (C=O) groups excluding carboxylic acids is 1. The number of piperidine rings is 1. The van der Waals surface area contributed by atoms with Gasteiger partial charge in [0.05, 0.1) is 0 Å². The van der Waals surface area contributed by atoms with Crippen LogP contribution in [0.25, 0.3) is 0 Å². The SMILES string of the molecule is CCCC(CNC(=O)OC(C)(C)C)NC1CCCNC1. The van der Waals surface area contributed by atoms with Crippen LogP contribution in [-0.2, 0) is 4.74 Å².